The highest BCUT2D eigenvalue weighted by atomic mass is 16.2. The molecular formula is C22H26N2O2. The number of anilines is 1. The summed E-state index contributed by atoms with van der Waals surface area (Å²) in [6.45, 7) is 6.92. The first-order valence-corrected chi connectivity index (χ1v) is 9.02. The second kappa shape index (κ2) is 6.94. The predicted octanol–water partition coefficient (Wildman–Crippen LogP) is 3.81. The molecule has 0 spiro atoms. The van der Waals surface area contributed by atoms with Crippen LogP contribution in [-0.2, 0) is 15.0 Å². The van der Waals surface area contributed by atoms with Crippen LogP contribution in [0.25, 0.3) is 0 Å². The standard InChI is InChI=1S/C22H26N2O2/c1-16-9-7-8-12-18(16)24-20(26)13-19(25)23-15-22(14-21(22,2)3)17-10-5-4-6-11-17/h4-12H,13-15H2,1-3H3,(H,23,25)(H,24,26)/t22-/m0/s1. The number of rotatable bonds is 6. The van der Waals surface area contributed by atoms with Gasteiger partial charge >= 0.3 is 0 Å². The van der Waals surface area contributed by atoms with Gasteiger partial charge in [-0.2, -0.15) is 0 Å². The first-order valence-electron chi connectivity index (χ1n) is 9.02. The Morgan fingerprint density at radius 2 is 1.58 bits per heavy atom. The molecule has 4 heteroatoms. The summed E-state index contributed by atoms with van der Waals surface area (Å²) in [5, 5.41) is 5.77. The third-order valence-corrected chi connectivity index (χ3v) is 5.57. The monoisotopic (exact) mass is 350 g/mol. The molecule has 1 saturated carbocycles. The van der Waals surface area contributed by atoms with Gasteiger partial charge in [0.05, 0.1) is 0 Å². The van der Waals surface area contributed by atoms with E-state index in [1.54, 1.807) is 0 Å². The van der Waals surface area contributed by atoms with Crippen molar-refractivity contribution in [1.82, 2.24) is 5.32 Å². The highest BCUT2D eigenvalue weighted by molar-refractivity contribution is 6.03. The van der Waals surface area contributed by atoms with E-state index in [1.165, 1.54) is 5.56 Å². The summed E-state index contributed by atoms with van der Waals surface area (Å²) in [6.07, 6.45) is 0.860. The van der Waals surface area contributed by atoms with Crippen LogP contribution in [-0.4, -0.2) is 18.4 Å². The molecule has 1 fully saturated rings. The lowest BCUT2D eigenvalue weighted by atomic mass is 9.88. The van der Waals surface area contributed by atoms with Crippen molar-refractivity contribution in [2.24, 2.45) is 5.41 Å². The number of para-hydroxylation sites is 1. The summed E-state index contributed by atoms with van der Waals surface area (Å²) in [6, 6.07) is 17.8. The molecule has 0 unspecified atom stereocenters. The zero-order valence-electron chi connectivity index (χ0n) is 15.6. The minimum Gasteiger partial charge on any atom is -0.355 e. The van der Waals surface area contributed by atoms with E-state index < -0.39 is 0 Å². The summed E-state index contributed by atoms with van der Waals surface area (Å²) in [5.74, 6) is -0.533. The van der Waals surface area contributed by atoms with Crippen LogP contribution in [0.5, 0.6) is 0 Å². The minimum atomic E-state index is -0.291. The molecule has 2 N–H and O–H groups in total. The number of aryl methyl sites for hydroxylation is 1. The highest BCUT2D eigenvalue weighted by Gasteiger charge is 2.61. The van der Waals surface area contributed by atoms with Crippen LogP contribution in [0.15, 0.2) is 54.6 Å². The summed E-state index contributed by atoms with van der Waals surface area (Å²) in [7, 11) is 0. The molecule has 4 nitrogen and oxygen atoms in total. The van der Waals surface area contributed by atoms with Gasteiger partial charge in [0.2, 0.25) is 11.8 Å². The molecule has 3 rings (SSSR count). The van der Waals surface area contributed by atoms with Gasteiger partial charge in [0, 0.05) is 17.6 Å². The van der Waals surface area contributed by atoms with E-state index in [-0.39, 0.29) is 29.1 Å². The second-order valence-corrected chi connectivity index (χ2v) is 7.83. The number of amides is 2. The van der Waals surface area contributed by atoms with Gasteiger partial charge in [-0.15, -0.1) is 0 Å². The van der Waals surface area contributed by atoms with Crippen LogP contribution in [0.1, 0.15) is 37.8 Å². The summed E-state index contributed by atoms with van der Waals surface area (Å²) < 4.78 is 0. The molecule has 0 aliphatic heterocycles. The fourth-order valence-corrected chi connectivity index (χ4v) is 3.73. The SMILES string of the molecule is Cc1ccccc1NC(=O)CC(=O)NC[C@]1(c2ccccc2)CC1(C)C. The largest absolute Gasteiger partial charge is 0.355 e. The van der Waals surface area contributed by atoms with Gasteiger partial charge in [-0.3, -0.25) is 9.59 Å². The zero-order valence-corrected chi connectivity index (χ0v) is 15.6. The highest BCUT2D eigenvalue weighted by Crippen LogP contribution is 2.63. The van der Waals surface area contributed by atoms with Crippen molar-refractivity contribution < 1.29 is 9.59 Å². The first-order chi connectivity index (χ1) is 12.3. The van der Waals surface area contributed by atoms with E-state index in [2.05, 4.69) is 36.6 Å². The van der Waals surface area contributed by atoms with Gasteiger partial charge in [0.25, 0.3) is 0 Å². The van der Waals surface area contributed by atoms with Gasteiger partial charge in [0.1, 0.15) is 6.42 Å². The normalized spacial score (nSPS) is 20.3. The van der Waals surface area contributed by atoms with E-state index in [0.29, 0.717) is 6.54 Å². The molecule has 0 radical (unpaired) electrons. The first kappa shape index (κ1) is 18.2. The topological polar surface area (TPSA) is 58.2 Å². The third-order valence-electron chi connectivity index (χ3n) is 5.57. The van der Waals surface area contributed by atoms with Crippen LogP contribution in [0.3, 0.4) is 0 Å². The van der Waals surface area contributed by atoms with Gasteiger partial charge in [0.15, 0.2) is 0 Å². The van der Waals surface area contributed by atoms with Crippen LogP contribution in [0, 0.1) is 12.3 Å². The molecule has 1 atom stereocenters. The van der Waals surface area contributed by atoms with Crippen molar-refractivity contribution in [3.05, 3.63) is 65.7 Å². The Morgan fingerprint density at radius 1 is 0.962 bits per heavy atom. The van der Waals surface area contributed by atoms with E-state index >= 15 is 0 Å². The molecule has 0 saturated heterocycles. The smallest absolute Gasteiger partial charge is 0.233 e. The molecule has 2 aromatic carbocycles. The Balaban J connectivity index is 1.57. The van der Waals surface area contributed by atoms with Gasteiger partial charge < -0.3 is 10.6 Å². The lowest BCUT2D eigenvalue weighted by Crippen LogP contribution is -2.36. The summed E-state index contributed by atoms with van der Waals surface area (Å²) >= 11 is 0. The molecule has 0 heterocycles. The van der Waals surface area contributed by atoms with Gasteiger partial charge in [-0.1, -0.05) is 62.4 Å². The summed E-state index contributed by atoms with van der Waals surface area (Å²) in [5.41, 5.74) is 3.06. The zero-order chi connectivity index (χ0) is 18.8. The Morgan fingerprint density at radius 3 is 2.19 bits per heavy atom. The van der Waals surface area contributed by atoms with Crippen LogP contribution < -0.4 is 10.6 Å². The fourth-order valence-electron chi connectivity index (χ4n) is 3.73. The van der Waals surface area contributed by atoms with Crippen LogP contribution in [0.4, 0.5) is 5.69 Å². The molecule has 26 heavy (non-hydrogen) atoms. The number of hydrogen-bond donors (Lipinski definition) is 2. The Bertz CT molecular complexity index is 814. The minimum absolute atomic E-state index is 0.0452. The molecular weight excluding hydrogens is 324 g/mol. The van der Waals surface area contributed by atoms with E-state index in [4.69, 9.17) is 0 Å². The van der Waals surface area contributed by atoms with Gasteiger partial charge in [-0.25, -0.2) is 0 Å². The maximum atomic E-state index is 12.3. The quantitative estimate of drug-likeness (QED) is 0.779. The predicted molar refractivity (Wildman–Crippen MR) is 104 cm³/mol. The molecule has 2 amide bonds. The van der Waals surface area contributed by atoms with E-state index in [1.807, 2.05) is 49.4 Å². The van der Waals surface area contributed by atoms with Crippen molar-refractivity contribution in [1.29, 1.82) is 0 Å². The fraction of sp³-hybridized carbons (Fsp3) is 0.364. The average molecular weight is 350 g/mol. The molecule has 0 bridgehead atoms. The number of benzene rings is 2. The number of hydrogen-bond acceptors (Lipinski definition) is 2. The number of carbonyl (C=O) groups excluding carboxylic acids is 2. The van der Waals surface area contributed by atoms with Crippen molar-refractivity contribution in [3.63, 3.8) is 0 Å². The number of carbonyl (C=O) groups is 2. The molecule has 1 aliphatic carbocycles. The maximum Gasteiger partial charge on any atom is 0.233 e. The van der Waals surface area contributed by atoms with Crippen molar-refractivity contribution in [3.8, 4) is 0 Å². The van der Waals surface area contributed by atoms with Gasteiger partial charge in [-0.05, 0) is 36.0 Å². The molecule has 136 valence electrons. The van der Waals surface area contributed by atoms with Crippen LogP contribution in [0.2, 0.25) is 0 Å². The van der Waals surface area contributed by atoms with Crippen molar-refractivity contribution in [2.75, 3.05) is 11.9 Å². The van der Waals surface area contributed by atoms with Crippen molar-refractivity contribution >= 4 is 17.5 Å². The van der Waals surface area contributed by atoms with E-state index in [9.17, 15) is 9.59 Å². The Hall–Kier alpha value is -2.62. The Labute approximate surface area is 155 Å². The third kappa shape index (κ3) is 3.64. The molecule has 2 aromatic rings. The Kier molecular flexibility index (Phi) is 4.86. The lowest BCUT2D eigenvalue weighted by Gasteiger charge is -2.22. The van der Waals surface area contributed by atoms with E-state index in [0.717, 1.165) is 17.7 Å². The average Bonchev–Trinajstić information content (AvgIpc) is 3.18. The number of nitrogens with one attached hydrogen (secondary N) is 2. The van der Waals surface area contributed by atoms with Crippen LogP contribution >= 0.6 is 0 Å². The summed E-state index contributed by atoms with van der Waals surface area (Å²) in [4.78, 5) is 24.4. The van der Waals surface area contributed by atoms with Crippen molar-refractivity contribution in [2.45, 2.75) is 39.0 Å². The molecule has 0 aromatic heterocycles. The molecule has 1 aliphatic rings. The maximum absolute atomic E-state index is 12.3. The lowest BCUT2D eigenvalue weighted by molar-refractivity contribution is -0.126. The second-order valence-electron chi connectivity index (χ2n) is 7.83.